The van der Waals surface area contributed by atoms with Gasteiger partial charge in [0.05, 0.1) is 19.5 Å². The van der Waals surface area contributed by atoms with E-state index in [4.69, 9.17) is 0 Å². The first-order valence-corrected chi connectivity index (χ1v) is 5.75. The number of aryl methyl sites for hydroxylation is 1. The zero-order valence-electron chi connectivity index (χ0n) is 10.4. The Morgan fingerprint density at radius 3 is 2.61 bits per heavy atom. The van der Waals surface area contributed by atoms with Crippen LogP contribution in [0.4, 0.5) is 0 Å². The van der Waals surface area contributed by atoms with Crippen LogP contribution in [0.1, 0.15) is 34.5 Å². The van der Waals surface area contributed by atoms with Gasteiger partial charge in [0.25, 0.3) is 5.82 Å². The average Bonchev–Trinajstić information content (AvgIpc) is 2.76. The molecule has 8 heteroatoms. The molecule has 1 atom stereocenters. The third-order valence-corrected chi connectivity index (χ3v) is 2.80. The summed E-state index contributed by atoms with van der Waals surface area (Å²) in [4.78, 5) is 26.3. The number of esters is 2. The van der Waals surface area contributed by atoms with E-state index in [0.29, 0.717) is 12.2 Å². The normalized spacial score (nSPS) is 12.0. The molecular weight excluding hydrogens is 258 g/mol. The molecule has 0 aliphatic carbocycles. The van der Waals surface area contributed by atoms with E-state index in [-0.39, 0.29) is 23.5 Å². The summed E-state index contributed by atoms with van der Waals surface area (Å²) in [6.07, 6.45) is 0.675. The Hall–Kier alpha value is -1.57. The first-order valence-electron chi connectivity index (χ1n) is 5.23. The number of methoxy groups -OCH3 is 2. The lowest BCUT2D eigenvalue weighted by Crippen LogP contribution is -2.06. The molecule has 0 saturated carbocycles. The second-order valence-corrected chi connectivity index (χ2v) is 4.16. The Bertz CT molecular complexity index is 446. The molecule has 0 aliphatic rings. The maximum absolute atomic E-state index is 11.3. The highest BCUT2D eigenvalue weighted by Gasteiger charge is 2.20. The van der Waals surface area contributed by atoms with Crippen molar-refractivity contribution in [3.05, 3.63) is 11.6 Å². The Labute approximate surface area is 110 Å². The molecule has 0 saturated heterocycles. The smallest absolute Gasteiger partial charge is 0.377 e. The number of ether oxygens (including phenoxy) is 2. The van der Waals surface area contributed by atoms with Gasteiger partial charge in [-0.15, -0.1) is 5.10 Å². The fourth-order valence-corrected chi connectivity index (χ4v) is 1.70. The number of hydrogen-bond donors (Lipinski definition) is 1. The lowest BCUT2D eigenvalue weighted by atomic mass is 10.2. The topological polar surface area (TPSA) is 83.3 Å². The van der Waals surface area contributed by atoms with Gasteiger partial charge >= 0.3 is 11.9 Å². The molecular formula is C10H15N3O4S. The predicted octanol–water partition coefficient (Wildman–Crippen LogP) is 0.526. The molecule has 0 radical (unpaired) electrons. The number of rotatable bonds is 5. The van der Waals surface area contributed by atoms with Crippen LogP contribution in [0.15, 0.2) is 0 Å². The summed E-state index contributed by atoms with van der Waals surface area (Å²) in [5.74, 6) is -0.440. The molecule has 0 aliphatic heterocycles. The second kappa shape index (κ2) is 6.39. The van der Waals surface area contributed by atoms with Gasteiger partial charge in [0, 0.05) is 13.5 Å². The van der Waals surface area contributed by atoms with Crippen molar-refractivity contribution in [2.75, 3.05) is 14.2 Å². The van der Waals surface area contributed by atoms with Crippen LogP contribution >= 0.6 is 12.6 Å². The van der Waals surface area contributed by atoms with Gasteiger partial charge in [-0.1, -0.05) is 0 Å². The van der Waals surface area contributed by atoms with Crippen LogP contribution in [-0.2, 0) is 21.3 Å². The zero-order chi connectivity index (χ0) is 13.7. The van der Waals surface area contributed by atoms with E-state index in [2.05, 4.69) is 32.2 Å². The highest BCUT2D eigenvalue weighted by molar-refractivity contribution is 7.80. The largest absolute Gasteiger partial charge is 0.469 e. The number of hydrogen-bond acceptors (Lipinski definition) is 7. The van der Waals surface area contributed by atoms with E-state index < -0.39 is 5.97 Å². The van der Waals surface area contributed by atoms with Crippen LogP contribution in [0, 0.1) is 0 Å². The van der Waals surface area contributed by atoms with Crippen molar-refractivity contribution in [2.45, 2.75) is 18.1 Å². The minimum Gasteiger partial charge on any atom is -0.469 e. The first kappa shape index (κ1) is 14.5. The number of carbonyl (C=O) groups excluding carboxylic acids is 2. The van der Waals surface area contributed by atoms with Crippen molar-refractivity contribution >= 4 is 24.6 Å². The van der Waals surface area contributed by atoms with Crippen LogP contribution < -0.4 is 0 Å². The molecule has 0 bridgehead atoms. The van der Waals surface area contributed by atoms with Crippen molar-refractivity contribution < 1.29 is 19.1 Å². The van der Waals surface area contributed by atoms with E-state index in [0.717, 1.165) is 0 Å². The van der Waals surface area contributed by atoms with Gasteiger partial charge < -0.3 is 9.47 Å². The molecule has 0 aromatic carbocycles. The minimum atomic E-state index is -0.606. The number of thiol groups is 1. The summed E-state index contributed by atoms with van der Waals surface area (Å²) >= 11 is 4.33. The lowest BCUT2D eigenvalue weighted by molar-refractivity contribution is -0.140. The number of carbonyl (C=O) groups is 2. The Morgan fingerprint density at radius 1 is 1.39 bits per heavy atom. The third-order valence-electron chi connectivity index (χ3n) is 2.31. The molecule has 0 N–H and O–H groups in total. The zero-order valence-corrected chi connectivity index (χ0v) is 11.3. The van der Waals surface area contributed by atoms with Gasteiger partial charge in [0.1, 0.15) is 5.82 Å². The van der Waals surface area contributed by atoms with Crippen LogP contribution in [0.3, 0.4) is 0 Å². The van der Waals surface area contributed by atoms with Crippen molar-refractivity contribution in [1.29, 1.82) is 0 Å². The van der Waals surface area contributed by atoms with Crippen molar-refractivity contribution in [1.82, 2.24) is 14.8 Å². The van der Waals surface area contributed by atoms with Crippen LogP contribution in [0.25, 0.3) is 0 Å². The fourth-order valence-electron chi connectivity index (χ4n) is 1.35. The molecule has 1 aromatic rings. The molecule has 100 valence electrons. The molecule has 0 spiro atoms. The molecule has 7 nitrogen and oxygen atoms in total. The van der Waals surface area contributed by atoms with Crippen molar-refractivity contribution in [3.63, 3.8) is 0 Å². The van der Waals surface area contributed by atoms with E-state index in [1.807, 2.05) is 0 Å². The second-order valence-electron chi connectivity index (χ2n) is 3.54. The van der Waals surface area contributed by atoms with E-state index >= 15 is 0 Å². The number of nitrogens with zero attached hydrogens (tertiary/aromatic N) is 3. The highest BCUT2D eigenvalue weighted by Crippen LogP contribution is 2.23. The van der Waals surface area contributed by atoms with Gasteiger partial charge in [0.2, 0.25) is 0 Å². The molecule has 0 amide bonds. The van der Waals surface area contributed by atoms with Gasteiger partial charge in [-0.25, -0.2) is 9.78 Å². The minimum absolute atomic E-state index is 0.0212. The number of aromatic nitrogens is 3. The van der Waals surface area contributed by atoms with Crippen LogP contribution in [0.5, 0.6) is 0 Å². The molecule has 1 heterocycles. The Morgan fingerprint density at radius 2 is 2.06 bits per heavy atom. The molecule has 1 unspecified atom stereocenters. The molecule has 0 fully saturated rings. The molecule has 1 rings (SSSR count). The van der Waals surface area contributed by atoms with E-state index in [9.17, 15) is 9.59 Å². The monoisotopic (exact) mass is 273 g/mol. The van der Waals surface area contributed by atoms with Gasteiger partial charge in [-0.05, 0) is 6.42 Å². The Kier molecular flexibility index (Phi) is 5.14. The summed E-state index contributed by atoms with van der Waals surface area (Å²) < 4.78 is 10.5. The van der Waals surface area contributed by atoms with Crippen molar-refractivity contribution in [2.24, 2.45) is 7.05 Å². The predicted molar refractivity (Wildman–Crippen MR) is 65.3 cm³/mol. The first-order chi connectivity index (χ1) is 8.49. The van der Waals surface area contributed by atoms with Gasteiger partial charge in [0.15, 0.2) is 0 Å². The molecule has 18 heavy (non-hydrogen) atoms. The summed E-state index contributed by atoms with van der Waals surface area (Å²) in [7, 11) is 4.23. The standard InChI is InChI=1S/C10H15N3O4S/c1-13-9(6(18)4-5-7(14)16-2)11-8(12-13)10(15)17-3/h6,18H,4-5H2,1-3H3. The fraction of sp³-hybridized carbons (Fsp3) is 0.600. The van der Waals surface area contributed by atoms with Crippen molar-refractivity contribution in [3.8, 4) is 0 Å². The summed E-state index contributed by atoms with van der Waals surface area (Å²) in [5, 5.41) is 3.61. The average molecular weight is 273 g/mol. The van der Waals surface area contributed by atoms with Crippen LogP contribution in [0.2, 0.25) is 0 Å². The Balaban J connectivity index is 2.73. The lowest BCUT2D eigenvalue weighted by Gasteiger charge is -2.08. The summed E-state index contributed by atoms with van der Waals surface area (Å²) in [6, 6.07) is 0. The molecule has 1 aromatic heterocycles. The third kappa shape index (κ3) is 3.46. The highest BCUT2D eigenvalue weighted by atomic mass is 32.1. The summed E-state index contributed by atoms with van der Waals surface area (Å²) in [6.45, 7) is 0. The summed E-state index contributed by atoms with van der Waals surface area (Å²) in [5.41, 5.74) is 0. The quantitative estimate of drug-likeness (QED) is 0.622. The van der Waals surface area contributed by atoms with Gasteiger partial charge in [-0.2, -0.15) is 12.6 Å². The van der Waals surface area contributed by atoms with Crippen LogP contribution in [-0.4, -0.2) is 40.9 Å². The SMILES string of the molecule is COC(=O)CCC(S)c1nc(C(=O)OC)nn1C. The maximum Gasteiger partial charge on any atom is 0.377 e. The van der Waals surface area contributed by atoms with E-state index in [1.165, 1.54) is 18.9 Å². The maximum atomic E-state index is 11.3. The van der Waals surface area contributed by atoms with Gasteiger partial charge in [-0.3, -0.25) is 9.48 Å². The van der Waals surface area contributed by atoms with E-state index in [1.54, 1.807) is 7.05 Å².